The summed E-state index contributed by atoms with van der Waals surface area (Å²) in [5.41, 5.74) is 1.91. The summed E-state index contributed by atoms with van der Waals surface area (Å²) in [6.45, 7) is 2.09. The van der Waals surface area contributed by atoms with E-state index < -0.39 is 5.97 Å². The fourth-order valence-corrected chi connectivity index (χ4v) is 2.85. The third-order valence-corrected chi connectivity index (χ3v) is 4.13. The highest BCUT2D eigenvalue weighted by Gasteiger charge is 2.38. The average molecular weight is 341 g/mol. The van der Waals surface area contributed by atoms with Gasteiger partial charge in [0.15, 0.2) is 0 Å². The first kappa shape index (κ1) is 17.0. The van der Waals surface area contributed by atoms with E-state index in [1.54, 1.807) is 6.07 Å². The van der Waals surface area contributed by atoms with Crippen LogP contribution in [0.5, 0.6) is 5.75 Å². The number of rotatable bonds is 2. The number of carbonyl (C=O) groups is 1. The molecule has 130 valence electrons. The highest BCUT2D eigenvalue weighted by molar-refractivity contribution is 5.77. The molecule has 4 rings (SSSR count). The van der Waals surface area contributed by atoms with Crippen molar-refractivity contribution in [3.63, 3.8) is 0 Å². The number of ether oxygens (including phenoxy) is 1. The second kappa shape index (κ2) is 7.34. The molecule has 0 aromatic heterocycles. The molecule has 2 aliphatic rings. The molecule has 0 aliphatic carbocycles. The Morgan fingerprint density at radius 3 is 2.72 bits per heavy atom. The Morgan fingerprint density at radius 1 is 1.32 bits per heavy atom. The zero-order chi connectivity index (χ0) is 17.8. The fourth-order valence-electron chi connectivity index (χ4n) is 2.85. The van der Waals surface area contributed by atoms with Gasteiger partial charge in [0.2, 0.25) is 0 Å². The van der Waals surface area contributed by atoms with E-state index in [1.807, 2.05) is 29.4 Å². The third-order valence-electron chi connectivity index (χ3n) is 4.13. The van der Waals surface area contributed by atoms with E-state index in [4.69, 9.17) is 4.74 Å². The molecule has 2 aliphatic heterocycles. The number of carbonyl (C=O) groups excluding carboxylic acids is 1. The van der Waals surface area contributed by atoms with E-state index in [9.17, 15) is 14.3 Å². The zero-order valence-corrected chi connectivity index (χ0v) is 13.8. The van der Waals surface area contributed by atoms with Gasteiger partial charge >= 0.3 is 0 Å². The lowest BCUT2D eigenvalue weighted by atomic mass is 9.93. The molecule has 2 aromatic rings. The monoisotopic (exact) mass is 341 g/mol. The zero-order valence-electron chi connectivity index (χ0n) is 13.8. The molecule has 2 heterocycles. The molecule has 0 bridgehead atoms. The van der Waals surface area contributed by atoms with Crippen molar-refractivity contribution in [1.29, 1.82) is 0 Å². The van der Waals surface area contributed by atoms with E-state index in [1.165, 1.54) is 24.6 Å². The largest absolute Gasteiger partial charge is 0.550 e. The minimum absolute atomic E-state index is 0.0895. The number of hydrogen-bond acceptors (Lipinski definition) is 5. The molecule has 2 aromatic carbocycles. The third kappa shape index (κ3) is 3.63. The lowest BCUT2D eigenvalue weighted by Gasteiger charge is -2.33. The summed E-state index contributed by atoms with van der Waals surface area (Å²) < 4.78 is 19.2. The van der Waals surface area contributed by atoms with Gasteiger partial charge in [0.1, 0.15) is 23.9 Å². The van der Waals surface area contributed by atoms with Crippen molar-refractivity contribution in [3.05, 3.63) is 59.9 Å². The second-order valence-electron chi connectivity index (χ2n) is 5.76. The normalized spacial score (nSPS) is 20.0. The first-order chi connectivity index (χ1) is 12.1. The number of nitrogens with zero attached hydrogens (tertiary/aromatic N) is 2. The summed E-state index contributed by atoms with van der Waals surface area (Å²) in [5.74, 6) is -0.405. The van der Waals surface area contributed by atoms with Gasteiger partial charge in [0, 0.05) is 24.2 Å². The van der Waals surface area contributed by atoms with E-state index in [-0.39, 0.29) is 24.2 Å². The van der Waals surface area contributed by atoms with E-state index in [0.29, 0.717) is 18.0 Å². The van der Waals surface area contributed by atoms with Crippen LogP contribution in [0.15, 0.2) is 53.6 Å². The molecule has 0 spiro atoms. The first-order valence-corrected chi connectivity index (χ1v) is 8.10. The summed E-state index contributed by atoms with van der Waals surface area (Å²) in [6.07, 6.45) is 2.03. The van der Waals surface area contributed by atoms with Crippen molar-refractivity contribution in [1.82, 2.24) is 0 Å². The van der Waals surface area contributed by atoms with Crippen LogP contribution in [-0.2, 0) is 4.79 Å². The molecule has 25 heavy (non-hydrogen) atoms. The van der Waals surface area contributed by atoms with Gasteiger partial charge in [-0.15, -0.1) is 0 Å². The Hall–Kier alpha value is -2.89. The Labute approximate surface area is 145 Å². The molecule has 2 atom stereocenters. The van der Waals surface area contributed by atoms with Crippen molar-refractivity contribution < 1.29 is 19.0 Å². The lowest BCUT2D eigenvalue weighted by molar-refractivity contribution is -0.305. The minimum atomic E-state index is -0.995. The van der Waals surface area contributed by atoms with Crippen molar-refractivity contribution in [3.8, 4) is 5.75 Å². The van der Waals surface area contributed by atoms with E-state index in [2.05, 4.69) is 17.2 Å². The topological polar surface area (TPSA) is 65.0 Å². The van der Waals surface area contributed by atoms with Crippen LogP contribution in [-0.4, -0.2) is 24.8 Å². The lowest BCUT2D eigenvalue weighted by Crippen LogP contribution is -2.40. The summed E-state index contributed by atoms with van der Waals surface area (Å²) >= 11 is 0. The van der Waals surface area contributed by atoms with Crippen LogP contribution in [0.3, 0.4) is 0 Å². The van der Waals surface area contributed by atoms with Gasteiger partial charge in [-0.2, -0.15) is 5.10 Å². The minimum Gasteiger partial charge on any atom is -0.550 e. The maximum atomic E-state index is 13.4. The fraction of sp³-hybridized carbons (Fsp3) is 0.263. The van der Waals surface area contributed by atoms with Crippen molar-refractivity contribution in [2.45, 2.75) is 25.3 Å². The predicted octanol–water partition coefficient (Wildman–Crippen LogP) is 2.32. The molecule has 0 N–H and O–H groups in total. The van der Waals surface area contributed by atoms with Crippen molar-refractivity contribution in [2.75, 3.05) is 11.6 Å². The summed E-state index contributed by atoms with van der Waals surface area (Å²) in [7, 11) is 0. The second-order valence-corrected chi connectivity index (χ2v) is 5.76. The number of halogens is 1. The standard InChI is InChI=1S/C16H13FN2O.C3H6O2/c17-12-6-7-16-14(8-12)19-15(10-20-16)13(9-18-19)11-4-2-1-3-5-11;1-2-3(4)5/h1-9,13,15H,10H2;2H2,1H3,(H,4,5)/p-1. The van der Waals surface area contributed by atoms with Gasteiger partial charge in [0.05, 0.1) is 6.04 Å². The molecule has 6 heteroatoms. The van der Waals surface area contributed by atoms with Crippen LogP contribution in [0.4, 0.5) is 10.1 Å². The molecule has 0 fully saturated rings. The quantitative estimate of drug-likeness (QED) is 0.841. The summed E-state index contributed by atoms with van der Waals surface area (Å²) in [5, 5.41) is 15.6. The number of hydrazone groups is 1. The molecular formula is C19H18FN2O3-. The Bertz CT molecular complexity index is 779. The number of carboxylic acids is 1. The van der Waals surface area contributed by atoms with Crippen LogP contribution in [0.2, 0.25) is 0 Å². The van der Waals surface area contributed by atoms with Crippen molar-refractivity contribution in [2.24, 2.45) is 5.10 Å². The van der Waals surface area contributed by atoms with Gasteiger partial charge in [-0.25, -0.2) is 4.39 Å². The summed E-state index contributed by atoms with van der Waals surface area (Å²) in [4.78, 5) is 9.26. The smallest absolute Gasteiger partial charge is 0.144 e. The maximum absolute atomic E-state index is 13.4. The van der Waals surface area contributed by atoms with Gasteiger partial charge in [0.25, 0.3) is 0 Å². The number of hydrogen-bond donors (Lipinski definition) is 0. The van der Waals surface area contributed by atoms with Crippen LogP contribution >= 0.6 is 0 Å². The molecule has 5 nitrogen and oxygen atoms in total. The predicted molar refractivity (Wildman–Crippen MR) is 91.1 cm³/mol. The number of aliphatic carboxylic acids is 1. The first-order valence-electron chi connectivity index (χ1n) is 8.10. The average Bonchev–Trinajstić information content (AvgIpc) is 3.07. The highest BCUT2D eigenvalue weighted by atomic mass is 19.1. The molecule has 0 radical (unpaired) electrons. The van der Waals surface area contributed by atoms with E-state index in [0.717, 1.165) is 0 Å². The number of benzene rings is 2. The Kier molecular flexibility index (Phi) is 4.97. The van der Waals surface area contributed by atoms with Gasteiger partial charge in [-0.3, -0.25) is 5.01 Å². The Balaban J connectivity index is 0.000000324. The maximum Gasteiger partial charge on any atom is 0.144 e. The van der Waals surface area contributed by atoms with E-state index >= 15 is 0 Å². The molecule has 2 unspecified atom stereocenters. The Morgan fingerprint density at radius 2 is 2.04 bits per heavy atom. The van der Waals surface area contributed by atoms with Gasteiger partial charge < -0.3 is 14.6 Å². The molecule has 0 saturated heterocycles. The number of anilines is 1. The van der Waals surface area contributed by atoms with Crippen LogP contribution in [0, 0.1) is 5.82 Å². The number of fused-ring (bicyclic) bond motifs is 3. The van der Waals surface area contributed by atoms with Crippen LogP contribution in [0.25, 0.3) is 0 Å². The SMILES string of the molecule is CCC(=O)[O-].Fc1ccc2c(c1)N1N=CC(c3ccccc3)C1CO2. The van der Waals surface area contributed by atoms with Crippen LogP contribution < -0.4 is 14.9 Å². The molecular weight excluding hydrogens is 323 g/mol. The number of carboxylic acid groups (broad SMARTS) is 1. The molecule has 0 saturated carbocycles. The van der Waals surface area contributed by atoms with Crippen molar-refractivity contribution >= 4 is 17.9 Å². The van der Waals surface area contributed by atoms with Crippen LogP contribution in [0.1, 0.15) is 24.8 Å². The summed E-state index contributed by atoms with van der Waals surface area (Å²) in [6, 6.07) is 14.8. The van der Waals surface area contributed by atoms with Gasteiger partial charge in [-0.05, 0) is 24.1 Å². The highest BCUT2D eigenvalue weighted by Crippen LogP contribution is 2.40. The van der Waals surface area contributed by atoms with Gasteiger partial charge in [-0.1, -0.05) is 37.3 Å². The molecule has 0 amide bonds.